The predicted molar refractivity (Wildman–Crippen MR) is 119 cm³/mol. The average molecular weight is 445 g/mol. The van der Waals surface area contributed by atoms with E-state index in [2.05, 4.69) is 9.97 Å². The van der Waals surface area contributed by atoms with E-state index >= 15 is 0 Å². The van der Waals surface area contributed by atoms with Gasteiger partial charge in [0.2, 0.25) is 0 Å². The fourth-order valence-corrected chi connectivity index (χ4v) is 4.01. The minimum Gasteiger partial charge on any atom is -0.444 e. The number of hydrogen-bond acceptors (Lipinski definition) is 6. The summed E-state index contributed by atoms with van der Waals surface area (Å²) in [5.41, 5.74) is 6.74. The summed E-state index contributed by atoms with van der Waals surface area (Å²) in [5, 5.41) is 0.560. The van der Waals surface area contributed by atoms with Gasteiger partial charge in [-0.1, -0.05) is 11.6 Å². The monoisotopic (exact) mass is 444 g/mol. The lowest BCUT2D eigenvalue weighted by Gasteiger charge is -2.34. The van der Waals surface area contributed by atoms with Crippen molar-refractivity contribution in [2.24, 2.45) is 0 Å². The molecule has 1 aromatic carbocycles. The number of aromatic nitrogens is 4. The van der Waals surface area contributed by atoms with Crippen molar-refractivity contribution >= 4 is 34.7 Å². The van der Waals surface area contributed by atoms with Crippen LogP contribution in [0, 0.1) is 0 Å². The number of carbonyl (C=O) groups is 1. The summed E-state index contributed by atoms with van der Waals surface area (Å²) >= 11 is 6.02. The van der Waals surface area contributed by atoms with Gasteiger partial charge in [-0.3, -0.25) is 9.13 Å². The molecule has 1 atom stereocenters. The molecular formula is C21H25ClN6O3. The number of halogens is 1. The largest absolute Gasteiger partial charge is 0.444 e. The molecule has 4 rings (SSSR count). The van der Waals surface area contributed by atoms with Gasteiger partial charge in [0.1, 0.15) is 17.4 Å². The molecule has 164 valence electrons. The van der Waals surface area contributed by atoms with E-state index in [1.54, 1.807) is 33.7 Å². The maximum atomic E-state index is 13.6. The van der Waals surface area contributed by atoms with E-state index in [0.29, 0.717) is 35.0 Å². The molecule has 1 amide bonds. The summed E-state index contributed by atoms with van der Waals surface area (Å²) in [6.45, 7) is 6.41. The minimum absolute atomic E-state index is 0.204. The smallest absolute Gasteiger partial charge is 0.410 e. The minimum atomic E-state index is -0.590. The summed E-state index contributed by atoms with van der Waals surface area (Å²) in [6.07, 6.45) is 2.42. The fourth-order valence-electron chi connectivity index (χ4n) is 3.88. The highest BCUT2D eigenvalue weighted by atomic mass is 35.5. The van der Waals surface area contributed by atoms with E-state index < -0.39 is 5.60 Å². The highest BCUT2D eigenvalue weighted by Crippen LogP contribution is 2.28. The average Bonchev–Trinajstić information content (AvgIpc) is 3.01. The Labute approximate surface area is 184 Å². The first-order valence-corrected chi connectivity index (χ1v) is 10.5. The molecule has 0 spiro atoms. The molecule has 2 N–H and O–H groups in total. The number of likely N-dealkylation sites (tertiary alicyclic amines) is 1. The lowest BCUT2D eigenvalue weighted by atomic mass is 10.1. The second kappa shape index (κ2) is 7.88. The third kappa shape index (κ3) is 4.10. The Bertz CT molecular complexity index is 1180. The van der Waals surface area contributed by atoms with Gasteiger partial charge in [0.15, 0.2) is 11.5 Å². The van der Waals surface area contributed by atoms with Gasteiger partial charge >= 0.3 is 11.8 Å². The third-order valence-corrected chi connectivity index (χ3v) is 5.43. The van der Waals surface area contributed by atoms with Crippen molar-refractivity contribution in [1.82, 2.24) is 24.0 Å². The van der Waals surface area contributed by atoms with Crippen molar-refractivity contribution in [1.29, 1.82) is 0 Å². The van der Waals surface area contributed by atoms with Crippen LogP contribution in [0.5, 0.6) is 0 Å². The molecule has 2 aromatic heterocycles. The number of fused-ring (bicyclic) bond motifs is 1. The number of benzene rings is 1. The van der Waals surface area contributed by atoms with E-state index in [4.69, 9.17) is 22.1 Å². The van der Waals surface area contributed by atoms with Crippen molar-refractivity contribution in [2.75, 3.05) is 18.8 Å². The molecule has 0 saturated carbocycles. The zero-order valence-electron chi connectivity index (χ0n) is 17.7. The summed E-state index contributed by atoms with van der Waals surface area (Å²) in [4.78, 5) is 36.2. The molecule has 1 saturated heterocycles. The maximum absolute atomic E-state index is 13.6. The molecule has 9 nitrogen and oxygen atoms in total. The van der Waals surface area contributed by atoms with E-state index in [1.165, 1.54) is 10.9 Å². The Balaban J connectivity index is 1.79. The molecule has 0 bridgehead atoms. The summed E-state index contributed by atoms with van der Waals surface area (Å²) in [5.74, 6) is 0.204. The van der Waals surface area contributed by atoms with Crippen LogP contribution in [0.3, 0.4) is 0 Å². The van der Waals surface area contributed by atoms with Crippen molar-refractivity contribution in [3.63, 3.8) is 0 Å². The fraction of sp³-hybridized carbons (Fsp3) is 0.429. The number of piperidine rings is 1. The topological polar surface area (TPSA) is 108 Å². The van der Waals surface area contributed by atoms with Crippen molar-refractivity contribution < 1.29 is 9.53 Å². The predicted octanol–water partition coefficient (Wildman–Crippen LogP) is 3.39. The van der Waals surface area contributed by atoms with Gasteiger partial charge in [0.25, 0.3) is 0 Å². The molecule has 3 heterocycles. The highest BCUT2D eigenvalue weighted by Gasteiger charge is 2.31. The zero-order chi connectivity index (χ0) is 22.3. The number of rotatable bonds is 2. The Kier molecular flexibility index (Phi) is 5.38. The van der Waals surface area contributed by atoms with Gasteiger partial charge in [-0.2, -0.15) is 0 Å². The van der Waals surface area contributed by atoms with Crippen LogP contribution in [0.4, 0.5) is 10.6 Å². The van der Waals surface area contributed by atoms with Crippen LogP contribution in [-0.2, 0) is 4.74 Å². The van der Waals surface area contributed by atoms with E-state index in [-0.39, 0.29) is 23.6 Å². The number of carbonyl (C=O) groups excluding carboxylic acids is 1. The Hall–Kier alpha value is -3.07. The van der Waals surface area contributed by atoms with Gasteiger partial charge in [-0.25, -0.2) is 19.6 Å². The molecule has 1 aliphatic rings. The lowest BCUT2D eigenvalue weighted by Crippen LogP contribution is -2.45. The lowest BCUT2D eigenvalue weighted by molar-refractivity contribution is 0.0172. The van der Waals surface area contributed by atoms with Crippen LogP contribution in [0.25, 0.3) is 16.9 Å². The zero-order valence-corrected chi connectivity index (χ0v) is 18.5. The first-order valence-electron chi connectivity index (χ1n) is 10.1. The van der Waals surface area contributed by atoms with Gasteiger partial charge in [0, 0.05) is 18.1 Å². The molecule has 0 radical (unpaired) electrons. The first-order chi connectivity index (χ1) is 14.7. The molecular weight excluding hydrogens is 420 g/mol. The van der Waals surface area contributed by atoms with Crippen molar-refractivity contribution in [3.05, 3.63) is 46.1 Å². The summed E-state index contributed by atoms with van der Waals surface area (Å²) in [7, 11) is 0. The Morgan fingerprint density at radius 1 is 1.23 bits per heavy atom. The second-order valence-corrected chi connectivity index (χ2v) is 9.05. The number of hydrogen-bond donors (Lipinski definition) is 1. The van der Waals surface area contributed by atoms with Crippen LogP contribution in [-0.4, -0.2) is 48.8 Å². The van der Waals surface area contributed by atoms with Crippen LogP contribution >= 0.6 is 11.6 Å². The van der Waals surface area contributed by atoms with Crippen molar-refractivity contribution in [2.45, 2.75) is 45.3 Å². The highest BCUT2D eigenvalue weighted by molar-refractivity contribution is 6.30. The molecule has 0 aliphatic carbocycles. The summed E-state index contributed by atoms with van der Waals surface area (Å²) in [6, 6.07) is 6.63. The van der Waals surface area contributed by atoms with E-state index in [9.17, 15) is 9.59 Å². The first kappa shape index (κ1) is 21.2. The normalized spacial score (nSPS) is 17.2. The number of nitrogens with two attached hydrogens (primary N) is 1. The van der Waals surface area contributed by atoms with E-state index in [1.807, 2.05) is 20.8 Å². The molecule has 31 heavy (non-hydrogen) atoms. The molecule has 1 aliphatic heterocycles. The van der Waals surface area contributed by atoms with Crippen LogP contribution < -0.4 is 11.4 Å². The maximum Gasteiger partial charge on any atom is 0.410 e. The standard InChI is InChI=1S/C21H25ClN6O3/c1-21(2,3)31-20(30)26-10-4-5-15(11-26)28-18-16(17(23)24-12-25-18)27(19(28)29)14-8-6-13(22)7-9-14/h6-9,12,15H,4-5,10-11H2,1-3H3,(H2,23,24,25)/t15-/m1/s1. The SMILES string of the molecule is CC(C)(C)OC(=O)N1CCC[C@@H](n2c(=O)n(-c3ccc(Cl)cc3)c3c(N)ncnc32)C1. The number of anilines is 1. The Morgan fingerprint density at radius 3 is 2.61 bits per heavy atom. The number of nitrogen functional groups attached to an aromatic ring is 1. The number of nitrogens with zero attached hydrogens (tertiary/aromatic N) is 5. The van der Waals surface area contributed by atoms with Crippen LogP contribution in [0.2, 0.25) is 5.02 Å². The number of ether oxygens (including phenoxy) is 1. The van der Waals surface area contributed by atoms with Gasteiger partial charge in [-0.05, 0) is 57.9 Å². The van der Waals surface area contributed by atoms with Gasteiger partial charge in [-0.15, -0.1) is 0 Å². The molecule has 1 fully saturated rings. The quantitative estimate of drug-likeness (QED) is 0.649. The number of imidazole rings is 1. The summed E-state index contributed by atoms with van der Waals surface area (Å²) < 4.78 is 8.62. The number of amides is 1. The van der Waals surface area contributed by atoms with Crippen LogP contribution in [0.1, 0.15) is 39.7 Å². The third-order valence-electron chi connectivity index (χ3n) is 5.18. The van der Waals surface area contributed by atoms with Gasteiger partial charge in [0.05, 0.1) is 11.7 Å². The van der Waals surface area contributed by atoms with E-state index in [0.717, 1.165) is 12.8 Å². The molecule has 3 aromatic rings. The van der Waals surface area contributed by atoms with Crippen molar-refractivity contribution in [3.8, 4) is 5.69 Å². The Morgan fingerprint density at radius 2 is 1.94 bits per heavy atom. The van der Waals surface area contributed by atoms with Crippen LogP contribution in [0.15, 0.2) is 35.4 Å². The molecule has 0 unspecified atom stereocenters. The second-order valence-electron chi connectivity index (χ2n) is 8.62. The van der Waals surface area contributed by atoms with Gasteiger partial charge < -0.3 is 15.4 Å². The molecule has 10 heteroatoms.